The molecule has 0 aliphatic heterocycles. The summed E-state index contributed by atoms with van der Waals surface area (Å²) in [5, 5.41) is 9.50. The lowest BCUT2D eigenvalue weighted by molar-refractivity contribution is 0.199. The van der Waals surface area contributed by atoms with Gasteiger partial charge in [-0.2, -0.15) is 0 Å². The van der Waals surface area contributed by atoms with Crippen LogP contribution in [-0.2, 0) is 0 Å². The van der Waals surface area contributed by atoms with Crippen LogP contribution in [0.3, 0.4) is 0 Å². The summed E-state index contributed by atoms with van der Waals surface area (Å²) < 4.78 is 6.59. The molecule has 0 fully saturated rings. The number of aromatic nitrogens is 1. The molecule has 0 aliphatic carbocycles. The van der Waals surface area contributed by atoms with E-state index in [0.29, 0.717) is 5.75 Å². The van der Waals surface area contributed by atoms with Crippen molar-refractivity contribution in [3.63, 3.8) is 0 Å². The van der Waals surface area contributed by atoms with Crippen molar-refractivity contribution in [1.82, 2.24) is 4.98 Å². The summed E-state index contributed by atoms with van der Waals surface area (Å²) in [6.07, 6.45) is 1.24. The Kier molecular flexibility index (Phi) is 3.99. The van der Waals surface area contributed by atoms with Gasteiger partial charge in [0.05, 0.1) is 16.3 Å². The zero-order chi connectivity index (χ0) is 13.1. The summed E-state index contributed by atoms with van der Waals surface area (Å²) in [5.74, 6) is 1.43. The Morgan fingerprint density at radius 3 is 2.67 bits per heavy atom. The van der Waals surface area contributed by atoms with Crippen molar-refractivity contribution in [1.29, 1.82) is 0 Å². The standard InChI is InChI=1S/C14H14BrNO2/c1-9-13(4-3-7-16-9)18-14-6-5-11(10(2)17)8-12(14)15/h3-8,10,17H,1-2H3/t10-/m1/s1. The van der Waals surface area contributed by atoms with Gasteiger partial charge in [-0.15, -0.1) is 0 Å². The molecule has 0 amide bonds. The van der Waals surface area contributed by atoms with Crippen LogP contribution >= 0.6 is 15.9 Å². The average Bonchev–Trinajstić information content (AvgIpc) is 2.34. The number of aliphatic hydroxyl groups is 1. The molecular weight excluding hydrogens is 294 g/mol. The number of halogens is 1. The van der Waals surface area contributed by atoms with Crippen LogP contribution in [-0.4, -0.2) is 10.1 Å². The van der Waals surface area contributed by atoms with E-state index < -0.39 is 6.10 Å². The van der Waals surface area contributed by atoms with Crippen molar-refractivity contribution in [2.24, 2.45) is 0 Å². The van der Waals surface area contributed by atoms with E-state index in [1.54, 1.807) is 13.1 Å². The van der Waals surface area contributed by atoms with Gasteiger partial charge < -0.3 is 9.84 Å². The largest absolute Gasteiger partial charge is 0.454 e. The Morgan fingerprint density at radius 1 is 1.28 bits per heavy atom. The molecule has 94 valence electrons. The molecule has 4 heteroatoms. The van der Waals surface area contributed by atoms with Crippen LogP contribution in [0.1, 0.15) is 24.3 Å². The highest BCUT2D eigenvalue weighted by Crippen LogP contribution is 2.32. The summed E-state index contributed by atoms with van der Waals surface area (Å²) in [4.78, 5) is 4.17. The minimum atomic E-state index is -0.490. The maximum atomic E-state index is 9.50. The number of aliphatic hydroxyl groups excluding tert-OH is 1. The Hall–Kier alpha value is -1.39. The lowest BCUT2D eigenvalue weighted by Gasteiger charge is -2.11. The van der Waals surface area contributed by atoms with E-state index in [1.165, 1.54) is 0 Å². The van der Waals surface area contributed by atoms with Crippen molar-refractivity contribution in [3.05, 3.63) is 52.3 Å². The molecule has 18 heavy (non-hydrogen) atoms. The van der Waals surface area contributed by atoms with Crippen LogP contribution in [0.2, 0.25) is 0 Å². The monoisotopic (exact) mass is 307 g/mol. The topological polar surface area (TPSA) is 42.4 Å². The molecule has 0 aliphatic rings. The van der Waals surface area contributed by atoms with Crippen molar-refractivity contribution >= 4 is 15.9 Å². The minimum absolute atomic E-state index is 0.490. The minimum Gasteiger partial charge on any atom is -0.454 e. The van der Waals surface area contributed by atoms with Gasteiger partial charge in [-0.25, -0.2) is 0 Å². The molecule has 0 radical (unpaired) electrons. The Bertz CT molecular complexity index is 555. The smallest absolute Gasteiger partial charge is 0.148 e. The predicted molar refractivity (Wildman–Crippen MR) is 73.8 cm³/mol. The van der Waals surface area contributed by atoms with Gasteiger partial charge in [0.2, 0.25) is 0 Å². The van der Waals surface area contributed by atoms with E-state index in [1.807, 2.05) is 37.3 Å². The number of hydrogen-bond acceptors (Lipinski definition) is 3. The molecule has 0 bridgehead atoms. The summed E-state index contributed by atoms with van der Waals surface area (Å²) in [6.45, 7) is 3.63. The molecule has 2 aromatic rings. The summed E-state index contributed by atoms with van der Waals surface area (Å²) in [6, 6.07) is 9.23. The van der Waals surface area contributed by atoms with Crippen molar-refractivity contribution in [3.8, 4) is 11.5 Å². The SMILES string of the molecule is Cc1ncccc1Oc1ccc([C@@H](C)O)cc1Br. The Labute approximate surface area is 115 Å². The molecule has 1 heterocycles. The second-order valence-electron chi connectivity index (χ2n) is 4.05. The van der Waals surface area contributed by atoms with Crippen LogP contribution in [0, 0.1) is 6.92 Å². The lowest BCUT2D eigenvalue weighted by atomic mass is 10.1. The molecule has 2 rings (SSSR count). The number of hydrogen-bond donors (Lipinski definition) is 1. The number of pyridine rings is 1. The van der Waals surface area contributed by atoms with E-state index in [0.717, 1.165) is 21.5 Å². The highest BCUT2D eigenvalue weighted by atomic mass is 79.9. The fraction of sp³-hybridized carbons (Fsp3) is 0.214. The van der Waals surface area contributed by atoms with Crippen LogP contribution < -0.4 is 4.74 Å². The molecule has 0 saturated carbocycles. The lowest BCUT2D eigenvalue weighted by Crippen LogP contribution is -1.94. The van der Waals surface area contributed by atoms with Gasteiger partial charge in [-0.05, 0) is 59.6 Å². The molecule has 1 aromatic carbocycles. The molecular formula is C14H14BrNO2. The quantitative estimate of drug-likeness (QED) is 0.932. The van der Waals surface area contributed by atoms with Crippen LogP contribution in [0.15, 0.2) is 41.0 Å². The molecule has 3 nitrogen and oxygen atoms in total. The number of ether oxygens (including phenoxy) is 1. The third-order valence-electron chi connectivity index (χ3n) is 2.62. The van der Waals surface area contributed by atoms with Gasteiger partial charge in [0.1, 0.15) is 11.5 Å². The van der Waals surface area contributed by atoms with Crippen LogP contribution in [0.25, 0.3) is 0 Å². The second kappa shape index (κ2) is 5.50. The Balaban J connectivity index is 2.28. The van der Waals surface area contributed by atoms with E-state index in [2.05, 4.69) is 20.9 Å². The van der Waals surface area contributed by atoms with E-state index >= 15 is 0 Å². The summed E-state index contributed by atoms with van der Waals surface area (Å²) in [5.41, 5.74) is 1.68. The van der Waals surface area contributed by atoms with Gasteiger partial charge in [0, 0.05) is 6.20 Å². The molecule has 1 N–H and O–H groups in total. The van der Waals surface area contributed by atoms with Gasteiger partial charge >= 0.3 is 0 Å². The predicted octanol–water partition coefficient (Wildman–Crippen LogP) is 4.00. The first-order chi connectivity index (χ1) is 8.58. The molecule has 1 aromatic heterocycles. The zero-order valence-corrected chi connectivity index (χ0v) is 11.8. The number of nitrogens with zero attached hydrogens (tertiary/aromatic N) is 1. The van der Waals surface area contributed by atoms with Crippen molar-refractivity contribution in [2.45, 2.75) is 20.0 Å². The zero-order valence-electron chi connectivity index (χ0n) is 10.2. The average molecular weight is 308 g/mol. The molecule has 0 unspecified atom stereocenters. The highest BCUT2D eigenvalue weighted by Gasteiger charge is 2.08. The van der Waals surface area contributed by atoms with Gasteiger partial charge in [-0.3, -0.25) is 4.98 Å². The van der Waals surface area contributed by atoms with E-state index in [9.17, 15) is 5.11 Å². The summed E-state index contributed by atoms with van der Waals surface area (Å²) >= 11 is 3.44. The molecule has 0 spiro atoms. The third-order valence-corrected chi connectivity index (χ3v) is 3.24. The van der Waals surface area contributed by atoms with Crippen LogP contribution in [0.4, 0.5) is 0 Å². The number of benzene rings is 1. The second-order valence-corrected chi connectivity index (χ2v) is 4.91. The summed E-state index contributed by atoms with van der Waals surface area (Å²) in [7, 11) is 0. The van der Waals surface area contributed by atoms with E-state index in [4.69, 9.17) is 4.74 Å². The fourth-order valence-corrected chi connectivity index (χ4v) is 2.03. The fourth-order valence-electron chi connectivity index (χ4n) is 1.56. The maximum Gasteiger partial charge on any atom is 0.148 e. The first-order valence-electron chi connectivity index (χ1n) is 5.65. The highest BCUT2D eigenvalue weighted by molar-refractivity contribution is 9.10. The van der Waals surface area contributed by atoms with Gasteiger partial charge in [-0.1, -0.05) is 6.07 Å². The third kappa shape index (κ3) is 2.89. The maximum absolute atomic E-state index is 9.50. The van der Waals surface area contributed by atoms with Crippen molar-refractivity contribution in [2.75, 3.05) is 0 Å². The first-order valence-corrected chi connectivity index (χ1v) is 6.44. The van der Waals surface area contributed by atoms with Gasteiger partial charge in [0.15, 0.2) is 0 Å². The van der Waals surface area contributed by atoms with Crippen LogP contribution in [0.5, 0.6) is 11.5 Å². The number of aryl methyl sites for hydroxylation is 1. The normalized spacial score (nSPS) is 12.2. The first kappa shape index (κ1) is 13.1. The number of rotatable bonds is 3. The van der Waals surface area contributed by atoms with Crippen molar-refractivity contribution < 1.29 is 9.84 Å². The van der Waals surface area contributed by atoms with Gasteiger partial charge in [0.25, 0.3) is 0 Å². The molecule has 0 saturated heterocycles. The Morgan fingerprint density at radius 2 is 2.06 bits per heavy atom. The van der Waals surface area contributed by atoms with E-state index in [-0.39, 0.29) is 0 Å². The molecule has 1 atom stereocenters.